The summed E-state index contributed by atoms with van der Waals surface area (Å²) in [4.78, 5) is 0. The first-order valence-electron chi connectivity index (χ1n) is 7.40. The highest BCUT2D eigenvalue weighted by Crippen LogP contribution is 2.47. The Labute approximate surface area is 131 Å². The highest BCUT2D eigenvalue weighted by atomic mass is 31.2. The lowest BCUT2D eigenvalue weighted by Gasteiger charge is -2.30. The molecule has 0 saturated carbocycles. The maximum atomic E-state index is 13.9. The van der Waals surface area contributed by atoms with Gasteiger partial charge in [-0.1, -0.05) is 85.0 Å². The van der Waals surface area contributed by atoms with Crippen LogP contribution in [0, 0.1) is 0 Å². The first-order chi connectivity index (χ1) is 10.6. The molecule has 3 rings (SSSR count). The van der Waals surface area contributed by atoms with Gasteiger partial charge in [-0.15, -0.1) is 0 Å². The van der Waals surface area contributed by atoms with E-state index in [1.807, 2.05) is 78.9 Å². The zero-order valence-electron chi connectivity index (χ0n) is 12.3. The zero-order chi connectivity index (χ0) is 15.5. The van der Waals surface area contributed by atoms with Gasteiger partial charge < -0.3 is 9.67 Å². The Morgan fingerprint density at radius 2 is 1.45 bits per heavy atom. The Balaban J connectivity index is 2.07. The van der Waals surface area contributed by atoms with E-state index in [1.165, 1.54) is 0 Å². The molecule has 0 saturated heterocycles. The highest BCUT2D eigenvalue weighted by Gasteiger charge is 2.37. The van der Waals surface area contributed by atoms with Gasteiger partial charge in [0, 0.05) is 16.8 Å². The summed E-state index contributed by atoms with van der Waals surface area (Å²) in [5.41, 5.74) is -1.06. The van der Waals surface area contributed by atoms with Crippen LogP contribution in [0.25, 0.3) is 0 Å². The third-order valence-electron chi connectivity index (χ3n) is 3.97. The Bertz CT molecular complexity index is 691. The van der Waals surface area contributed by atoms with E-state index in [9.17, 15) is 9.67 Å². The van der Waals surface area contributed by atoms with Crippen LogP contribution in [0.15, 0.2) is 85.0 Å². The second-order valence-corrected chi connectivity index (χ2v) is 8.49. The van der Waals surface area contributed by atoms with Crippen molar-refractivity contribution in [3.8, 4) is 0 Å². The molecule has 0 aliphatic heterocycles. The molecule has 1 unspecified atom stereocenters. The highest BCUT2D eigenvalue weighted by molar-refractivity contribution is 7.78. The summed E-state index contributed by atoms with van der Waals surface area (Å²) >= 11 is 0. The molecule has 2 nitrogen and oxygen atoms in total. The lowest BCUT2D eigenvalue weighted by molar-refractivity contribution is 0.117. The predicted octanol–water partition coefficient (Wildman–Crippen LogP) is 3.25. The van der Waals surface area contributed by atoms with Gasteiger partial charge in [-0.25, -0.2) is 0 Å². The molecule has 1 aliphatic rings. The van der Waals surface area contributed by atoms with E-state index < -0.39 is 12.7 Å². The summed E-state index contributed by atoms with van der Waals surface area (Å²) in [5.74, 6) is 0. The lowest BCUT2D eigenvalue weighted by Crippen LogP contribution is -2.35. The molecule has 0 radical (unpaired) electrons. The molecule has 22 heavy (non-hydrogen) atoms. The van der Waals surface area contributed by atoms with Crippen LogP contribution in [-0.2, 0) is 4.57 Å². The molecule has 0 bridgehead atoms. The minimum atomic E-state index is -2.89. The summed E-state index contributed by atoms with van der Waals surface area (Å²) < 4.78 is 13.9. The molecule has 1 N–H and O–H groups in total. The Kier molecular flexibility index (Phi) is 4.15. The molecule has 1 atom stereocenters. The second-order valence-electron chi connectivity index (χ2n) is 5.66. The fraction of sp³-hybridized carbons (Fsp3) is 0.158. The van der Waals surface area contributed by atoms with Crippen molar-refractivity contribution in [2.45, 2.75) is 12.0 Å². The van der Waals surface area contributed by atoms with Gasteiger partial charge in [0.15, 0.2) is 0 Å². The molecule has 112 valence electrons. The minimum absolute atomic E-state index is 0.217. The molecule has 0 heterocycles. The molecule has 3 heteroatoms. The third kappa shape index (κ3) is 2.99. The molecule has 2 aromatic carbocycles. The van der Waals surface area contributed by atoms with Crippen molar-refractivity contribution in [2.24, 2.45) is 0 Å². The van der Waals surface area contributed by atoms with Crippen molar-refractivity contribution < 1.29 is 9.67 Å². The first-order valence-corrected chi connectivity index (χ1v) is 9.29. The predicted molar refractivity (Wildman–Crippen MR) is 92.5 cm³/mol. The van der Waals surface area contributed by atoms with Crippen LogP contribution < -0.4 is 10.6 Å². The molecular weight excluding hydrogens is 291 g/mol. The summed E-state index contributed by atoms with van der Waals surface area (Å²) in [6, 6.07) is 19.0. The largest absolute Gasteiger partial charge is 0.385 e. The smallest absolute Gasteiger partial charge is 0.146 e. The van der Waals surface area contributed by atoms with Crippen LogP contribution >= 0.6 is 7.14 Å². The minimum Gasteiger partial charge on any atom is -0.385 e. The number of benzene rings is 2. The second kappa shape index (κ2) is 6.08. The van der Waals surface area contributed by atoms with Crippen molar-refractivity contribution in [3.05, 3.63) is 85.0 Å². The lowest BCUT2D eigenvalue weighted by atomic mass is 9.98. The molecule has 0 spiro atoms. The van der Waals surface area contributed by atoms with Crippen LogP contribution in [0.5, 0.6) is 0 Å². The van der Waals surface area contributed by atoms with Crippen LogP contribution in [0.2, 0.25) is 0 Å². The summed E-state index contributed by atoms with van der Waals surface area (Å²) in [6.07, 6.45) is 8.11. The quantitative estimate of drug-likeness (QED) is 0.880. The van der Waals surface area contributed by atoms with Crippen LogP contribution in [-0.4, -0.2) is 16.9 Å². The molecular formula is C19H19O2P. The van der Waals surface area contributed by atoms with E-state index in [1.54, 1.807) is 6.08 Å². The SMILES string of the molecule is O=P(CC1(O)C=CC=CC1)(c1ccccc1)c1ccccc1. The Morgan fingerprint density at radius 1 is 0.909 bits per heavy atom. The number of allylic oxidation sites excluding steroid dienone is 2. The zero-order valence-corrected chi connectivity index (χ0v) is 13.2. The number of hydrogen-bond acceptors (Lipinski definition) is 2. The average Bonchev–Trinajstić information content (AvgIpc) is 2.57. The van der Waals surface area contributed by atoms with Crippen molar-refractivity contribution in [1.82, 2.24) is 0 Å². The van der Waals surface area contributed by atoms with Gasteiger partial charge in [-0.05, 0) is 6.42 Å². The van der Waals surface area contributed by atoms with Crippen molar-refractivity contribution in [1.29, 1.82) is 0 Å². The van der Waals surface area contributed by atoms with Crippen LogP contribution in [0.4, 0.5) is 0 Å². The summed E-state index contributed by atoms with van der Waals surface area (Å²) in [7, 11) is -2.89. The van der Waals surface area contributed by atoms with Gasteiger partial charge in [0.25, 0.3) is 0 Å². The number of aliphatic hydroxyl groups is 1. The topological polar surface area (TPSA) is 37.3 Å². The fourth-order valence-corrected chi connectivity index (χ4v) is 5.80. The normalized spacial score (nSPS) is 21.0. The van der Waals surface area contributed by atoms with E-state index in [-0.39, 0.29) is 6.16 Å². The standard InChI is InChI=1S/C19H19O2P/c20-19(14-8-3-9-15-19)16-22(21,17-10-4-1-5-11-17)18-12-6-2-7-13-18/h1-14,20H,15-16H2. The average molecular weight is 310 g/mol. The van der Waals surface area contributed by atoms with Gasteiger partial charge in [0.05, 0.1) is 5.60 Å². The third-order valence-corrected chi connectivity index (χ3v) is 7.23. The molecule has 0 aromatic heterocycles. The summed E-state index contributed by atoms with van der Waals surface area (Å²) in [5, 5.41) is 12.4. The maximum absolute atomic E-state index is 13.9. The van der Waals surface area contributed by atoms with Gasteiger partial charge in [-0.2, -0.15) is 0 Å². The van der Waals surface area contributed by atoms with Crippen LogP contribution in [0.1, 0.15) is 6.42 Å². The van der Waals surface area contributed by atoms with E-state index in [4.69, 9.17) is 0 Å². The van der Waals surface area contributed by atoms with Crippen LogP contribution in [0.3, 0.4) is 0 Å². The van der Waals surface area contributed by atoms with E-state index in [0.29, 0.717) is 6.42 Å². The Hall–Kier alpha value is -1.89. The van der Waals surface area contributed by atoms with Crippen molar-refractivity contribution in [3.63, 3.8) is 0 Å². The van der Waals surface area contributed by atoms with Gasteiger partial charge in [0.1, 0.15) is 7.14 Å². The number of rotatable bonds is 4. The fourth-order valence-electron chi connectivity index (χ4n) is 2.83. The number of hydrogen-bond donors (Lipinski definition) is 1. The molecule has 2 aromatic rings. The summed E-state index contributed by atoms with van der Waals surface area (Å²) in [6.45, 7) is 0. The molecule has 1 aliphatic carbocycles. The van der Waals surface area contributed by atoms with E-state index >= 15 is 0 Å². The van der Waals surface area contributed by atoms with Crippen molar-refractivity contribution in [2.75, 3.05) is 6.16 Å². The van der Waals surface area contributed by atoms with E-state index in [0.717, 1.165) is 10.6 Å². The van der Waals surface area contributed by atoms with Gasteiger partial charge >= 0.3 is 0 Å². The van der Waals surface area contributed by atoms with Gasteiger partial charge in [-0.3, -0.25) is 0 Å². The first kappa shape index (κ1) is 15.0. The van der Waals surface area contributed by atoms with Crippen molar-refractivity contribution >= 4 is 17.8 Å². The molecule has 0 fully saturated rings. The molecule has 0 amide bonds. The van der Waals surface area contributed by atoms with E-state index in [2.05, 4.69) is 0 Å². The monoisotopic (exact) mass is 310 g/mol. The van der Waals surface area contributed by atoms with Gasteiger partial charge in [0.2, 0.25) is 0 Å². The Morgan fingerprint density at radius 3 is 1.91 bits per heavy atom. The maximum Gasteiger partial charge on any atom is 0.146 e.